The fourth-order valence-corrected chi connectivity index (χ4v) is 1.77. The Hall–Kier alpha value is -2.61. The highest BCUT2D eigenvalue weighted by atomic mass is 32.1. The minimum absolute atomic E-state index is 0.00329. The van der Waals surface area contributed by atoms with E-state index in [0.717, 1.165) is 0 Å². The van der Waals surface area contributed by atoms with Crippen molar-refractivity contribution in [1.29, 1.82) is 0 Å². The van der Waals surface area contributed by atoms with Crippen LogP contribution in [0.2, 0.25) is 0 Å². The lowest BCUT2D eigenvalue weighted by Gasteiger charge is -2.05. The fourth-order valence-electron chi connectivity index (χ4n) is 1.72. The molecule has 5 N–H and O–H groups in total. The van der Waals surface area contributed by atoms with E-state index < -0.39 is 5.91 Å². The number of benzene rings is 1. The van der Waals surface area contributed by atoms with Crippen LogP contribution in [0.1, 0.15) is 17.3 Å². The Bertz CT molecular complexity index is 770. The Kier molecular flexibility index (Phi) is 4.39. The number of carbonyl (C=O) groups is 1. The first-order valence-corrected chi connectivity index (χ1v) is 6.51. The summed E-state index contributed by atoms with van der Waals surface area (Å²) in [6.45, 7) is 2.41. The molecule has 1 aromatic heterocycles. The molecule has 0 spiro atoms. The summed E-state index contributed by atoms with van der Waals surface area (Å²) in [7, 11) is 0. The Labute approximate surface area is 125 Å². The van der Waals surface area contributed by atoms with Gasteiger partial charge in [0.1, 0.15) is 16.9 Å². The number of rotatable bonds is 4. The molecule has 0 aliphatic rings. The predicted octanol–water partition coefficient (Wildman–Crippen LogP) is 0.579. The number of primary amides is 1. The second-order valence-electron chi connectivity index (χ2n) is 4.05. The van der Waals surface area contributed by atoms with Crippen molar-refractivity contribution in [1.82, 2.24) is 5.43 Å². The van der Waals surface area contributed by atoms with Gasteiger partial charge in [0.05, 0.1) is 6.61 Å². The van der Waals surface area contributed by atoms with Crippen molar-refractivity contribution in [2.75, 3.05) is 6.61 Å². The largest absolute Gasteiger partial charge is 0.494 e. The smallest absolute Gasteiger partial charge is 0.254 e. The van der Waals surface area contributed by atoms with Crippen LogP contribution in [0.15, 0.2) is 33.8 Å². The third-order valence-corrected chi connectivity index (χ3v) is 2.66. The molecule has 0 atom stereocenters. The molecule has 0 aliphatic heterocycles. The average molecular weight is 306 g/mol. The molecule has 1 aromatic carbocycles. The van der Waals surface area contributed by atoms with Crippen molar-refractivity contribution < 1.29 is 13.9 Å². The molecule has 1 heterocycles. The van der Waals surface area contributed by atoms with Crippen LogP contribution < -0.4 is 27.2 Å². The minimum Gasteiger partial charge on any atom is -0.494 e. The van der Waals surface area contributed by atoms with E-state index in [1.807, 2.05) is 6.92 Å². The lowest BCUT2D eigenvalue weighted by molar-refractivity contribution is 0.0996. The molecule has 2 aromatic rings. The predicted molar refractivity (Wildman–Crippen MR) is 81.4 cm³/mol. The van der Waals surface area contributed by atoms with Gasteiger partial charge in [-0.1, -0.05) is 0 Å². The topological polar surface area (TPSA) is 116 Å². The molecule has 2 rings (SSSR count). The number of nitrogens with two attached hydrogens (primary N) is 2. The maximum absolute atomic E-state index is 11.5. The molecule has 0 bridgehead atoms. The second kappa shape index (κ2) is 6.23. The van der Waals surface area contributed by atoms with Gasteiger partial charge in [0.25, 0.3) is 5.91 Å². The molecule has 0 saturated carbocycles. The van der Waals surface area contributed by atoms with Crippen molar-refractivity contribution >= 4 is 34.2 Å². The number of nitrogens with zero attached hydrogens (tertiary/aromatic N) is 1. The SMILES string of the molecule is CCOc1ccc2cc(C(N)=O)/c(=N\NC(N)=S)oc2c1. The standard InChI is InChI=1S/C13H14N4O3S/c1-2-19-8-4-3-7-5-9(11(14)18)12(16-17-13(15)21)20-10(7)6-8/h3-6H,2H2,1H3,(H2,14,18)(H3,15,17,21)/b16-12+. The first-order valence-electron chi connectivity index (χ1n) is 6.11. The van der Waals surface area contributed by atoms with Gasteiger partial charge in [-0.2, -0.15) is 0 Å². The van der Waals surface area contributed by atoms with Gasteiger partial charge >= 0.3 is 0 Å². The Morgan fingerprint density at radius 3 is 2.81 bits per heavy atom. The number of thiocarbonyl (C=S) groups is 1. The van der Waals surface area contributed by atoms with E-state index in [9.17, 15) is 4.79 Å². The highest BCUT2D eigenvalue weighted by Gasteiger charge is 2.10. The number of amides is 1. The number of carbonyl (C=O) groups excluding carboxylic acids is 1. The highest BCUT2D eigenvalue weighted by Crippen LogP contribution is 2.20. The zero-order valence-corrected chi connectivity index (χ0v) is 12.1. The summed E-state index contributed by atoms with van der Waals surface area (Å²) in [5, 5.41) is 4.47. The summed E-state index contributed by atoms with van der Waals surface area (Å²) in [6, 6.07) is 6.82. The molecule has 0 unspecified atom stereocenters. The monoisotopic (exact) mass is 306 g/mol. The molecule has 0 aliphatic carbocycles. The van der Waals surface area contributed by atoms with E-state index >= 15 is 0 Å². The van der Waals surface area contributed by atoms with Gasteiger partial charge in [-0.3, -0.25) is 10.2 Å². The third kappa shape index (κ3) is 3.48. The number of ether oxygens (including phenoxy) is 1. The molecule has 7 nitrogen and oxygen atoms in total. The quantitative estimate of drug-likeness (QED) is 0.562. The minimum atomic E-state index is -0.668. The average Bonchev–Trinajstić information content (AvgIpc) is 2.44. The summed E-state index contributed by atoms with van der Waals surface area (Å²) < 4.78 is 11.0. The lowest BCUT2D eigenvalue weighted by atomic mass is 10.1. The van der Waals surface area contributed by atoms with Gasteiger partial charge < -0.3 is 20.6 Å². The lowest BCUT2D eigenvalue weighted by Crippen LogP contribution is -2.29. The van der Waals surface area contributed by atoms with Crippen LogP contribution in [-0.4, -0.2) is 17.6 Å². The maximum atomic E-state index is 11.5. The van der Waals surface area contributed by atoms with Crippen LogP contribution in [0, 0.1) is 0 Å². The fraction of sp³-hybridized carbons (Fsp3) is 0.154. The van der Waals surface area contributed by atoms with Gasteiger partial charge in [-0.25, -0.2) is 0 Å². The van der Waals surface area contributed by atoms with E-state index in [4.69, 9.17) is 20.6 Å². The van der Waals surface area contributed by atoms with Crippen molar-refractivity contribution in [3.8, 4) is 5.75 Å². The zero-order chi connectivity index (χ0) is 15.4. The van der Waals surface area contributed by atoms with Crippen molar-refractivity contribution in [2.45, 2.75) is 6.92 Å². The Morgan fingerprint density at radius 2 is 2.19 bits per heavy atom. The maximum Gasteiger partial charge on any atom is 0.254 e. The summed E-state index contributed by atoms with van der Waals surface area (Å²) in [5.74, 6) is -0.0214. The first-order chi connectivity index (χ1) is 10.0. The molecule has 0 fully saturated rings. The van der Waals surface area contributed by atoms with Crippen LogP contribution in [-0.2, 0) is 0 Å². The van der Waals surface area contributed by atoms with E-state index in [-0.39, 0.29) is 16.2 Å². The van der Waals surface area contributed by atoms with Crippen molar-refractivity contribution in [3.63, 3.8) is 0 Å². The Balaban J connectivity index is 2.63. The summed E-state index contributed by atoms with van der Waals surface area (Å²) in [4.78, 5) is 11.5. The molecule has 0 saturated heterocycles. The van der Waals surface area contributed by atoms with E-state index in [1.165, 1.54) is 0 Å². The van der Waals surface area contributed by atoms with Gasteiger partial charge in [-0.15, -0.1) is 5.10 Å². The van der Waals surface area contributed by atoms with Gasteiger partial charge in [0.2, 0.25) is 5.55 Å². The second-order valence-corrected chi connectivity index (χ2v) is 4.49. The molecule has 0 radical (unpaired) electrons. The van der Waals surface area contributed by atoms with E-state index in [1.54, 1.807) is 24.3 Å². The number of fused-ring (bicyclic) bond motifs is 1. The third-order valence-electron chi connectivity index (χ3n) is 2.57. The number of nitrogens with one attached hydrogen (secondary N) is 1. The van der Waals surface area contributed by atoms with Crippen molar-refractivity contribution in [3.05, 3.63) is 35.4 Å². The molecule has 110 valence electrons. The van der Waals surface area contributed by atoms with Gasteiger partial charge in [-0.05, 0) is 37.3 Å². The Morgan fingerprint density at radius 1 is 1.43 bits per heavy atom. The normalized spacial score (nSPS) is 11.4. The van der Waals surface area contributed by atoms with Gasteiger partial charge in [0, 0.05) is 11.5 Å². The van der Waals surface area contributed by atoms with Crippen LogP contribution in [0.5, 0.6) is 5.75 Å². The first kappa shape index (κ1) is 14.8. The van der Waals surface area contributed by atoms with Crippen LogP contribution in [0.3, 0.4) is 0 Å². The number of hydrogen-bond acceptors (Lipinski definition) is 5. The summed E-state index contributed by atoms with van der Waals surface area (Å²) in [5.41, 5.74) is 13.6. The van der Waals surface area contributed by atoms with Crippen molar-refractivity contribution in [2.24, 2.45) is 16.6 Å². The molecular weight excluding hydrogens is 292 g/mol. The van der Waals surface area contributed by atoms with Crippen LogP contribution in [0.25, 0.3) is 11.0 Å². The number of hydrogen-bond donors (Lipinski definition) is 3. The highest BCUT2D eigenvalue weighted by molar-refractivity contribution is 7.80. The van der Waals surface area contributed by atoms with Crippen LogP contribution >= 0.6 is 12.2 Å². The van der Waals surface area contributed by atoms with Gasteiger partial charge in [0.15, 0.2) is 5.11 Å². The molecule has 8 heteroatoms. The molecule has 21 heavy (non-hydrogen) atoms. The van der Waals surface area contributed by atoms with Crippen LogP contribution in [0.4, 0.5) is 0 Å². The summed E-state index contributed by atoms with van der Waals surface area (Å²) >= 11 is 4.65. The zero-order valence-electron chi connectivity index (χ0n) is 11.3. The summed E-state index contributed by atoms with van der Waals surface area (Å²) in [6.07, 6.45) is 0. The van der Waals surface area contributed by atoms with E-state index in [0.29, 0.717) is 23.3 Å². The molecule has 1 amide bonds. The van der Waals surface area contributed by atoms with E-state index in [2.05, 4.69) is 22.7 Å². The molecular formula is C13H14N4O3S.